The summed E-state index contributed by atoms with van der Waals surface area (Å²) in [7, 11) is 1.62. The van der Waals surface area contributed by atoms with Crippen molar-refractivity contribution in [2.45, 2.75) is 6.10 Å². The van der Waals surface area contributed by atoms with Crippen LogP contribution < -0.4 is 5.32 Å². The topological polar surface area (TPSA) is 61.7 Å². The van der Waals surface area contributed by atoms with E-state index in [9.17, 15) is 0 Å². The lowest BCUT2D eigenvalue weighted by Gasteiger charge is -2.07. The first-order chi connectivity index (χ1) is 4.81. The molecule has 0 fully saturated rings. The van der Waals surface area contributed by atoms with Gasteiger partial charge in [-0.3, -0.25) is 0 Å². The maximum Gasteiger partial charge on any atom is 0.0894 e. The van der Waals surface area contributed by atoms with Crippen molar-refractivity contribution in [3.63, 3.8) is 0 Å². The van der Waals surface area contributed by atoms with Crippen molar-refractivity contribution in [1.82, 2.24) is 5.32 Å². The van der Waals surface area contributed by atoms with Crippen LogP contribution in [0.3, 0.4) is 0 Å². The molecule has 0 radical (unpaired) electrons. The van der Waals surface area contributed by atoms with E-state index in [4.69, 9.17) is 14.9 Å². The van der Waals surface area contributed by atoms with Gasteiger partial charge in [0.25, 0.3) is 0 Å². The van der Waals surface area contributed by atoms with Crippen molar-refractivity contribution < 1.29 is 14.9 Å². The Morgan fingerprint density at radius 1 is 1.60 bits per heavy atom. The summed E-state index contributed by atoms with van der Waals surface area (Å²) in [6.45, 7) is 1.55. The standard InChI is InChI=1S/C6H15NO3/c1-10-3-2-7-4-6(9)5-8/h6-9H,2-5H2,1H3. The molecule has 0 amide bonds. The molecule has 0 saturated carbocycles. The van der Waals surface area contributed by atoms with Crippen LogP contribution in [0.5, 0.6) is 0 Å². The molecule has 0 heterocycles. The van der Waals surface area contributed by atoms with Crippen LogP contribution in [0, 0.1) is 0 Å². The molecule has 3 N–H and O–H groups in total. The van der Waals surface area contributed by atoms with Gasteiger partial charge in [0.05, 0.1) is 19.3 Å². The molecule has 0 saturated heterocycles. The molecule has 10 heavy (non-hydrogen) atoms. The zero-order chi connectivity index (χ0) is 7.82. The molecule has 0 aliphatic heterocycles. The average molecular weight is 149 g/mol. The van der Waals surface area contributed by atoms with E-state index in [-0.39, 0.29) is 6.61 Å². The van der Waals surface area contributed by atoms with Crippen LogP contribution in [0.1, 0.15) is 0 Å². The lowest BCUT2D eigenvalue weighted by molar-refractivity contribution is 0.0921. The number of rotatable bonds is 6. The summed E-state index contributed by atoms with van der Waals surface area (Å²) in [6.07, 6.45) is -0.656. The highest BCUT2D eigenvalue weighted by Crippen LogP contribution is 1.75. The van der Waals surface area contributed by atoms with Crippen LogP contribution in [-0.4, -0.2) is 49.7 Å². The maximum atomic E-state index is 8.80. The second-order valence-electron chi connectivity index (χ2n) is 2.03. The highest BCUT2D eigenvalue weighted by Gasteiger charge is 1.98. The zero-order valence-corrected chi connectivity index (χ0v) is 6.21. The summed E-state index contributed by atoms with van der Waals surface area (Å²) >= 11 is 0. The van der Waals surface area contributed by atoms with Crippen molar-refractivity contribution in [2.24, 2.45) is 0 Å². The van der Waals surface area contributed by atoms with Crippen LogP contribution >= 0.6 is 0 Å². The molecule has 1 unspecified atom stereocenters. The lowest BCUT2D eigenvalue weighted by atomic mass is 10.4. The second kappa shape index (κ2) is 6.95. The molecular formula is C6H15NO3. The number of hydrogen-bond acceptors (Lipinski definition) is 4. The molecule has 0 bridgehead atoms. The minimum atomic E-state index is -0.656. The van der Waals surface area contributed by atoms with Crippen molar-refractivity contribution in [3.05, 3.63) is 0 Å². The van der Waals surface area contributed by atoms with Gasteiger partial charge in [0.15, 0.2) is 0 Å². The van der Waals surface area contributed by atoms with E-state index >= 15 is 0 Å². The molecular weight excluding hydrogens is 134 g/mol. The lowest BCUT2D eigenvalue weighted by Crippen LogP contribution is -2.31. The van der Waals surface area contributed by atoms with E-state index in [1.807, 2.05) is 0 Å². The van der Waals surface area contributed by atoms with Gasteiger partial charge in [-0.15, -0.1) is 0 Å². The van der Waals surface area contributed by atoms with E-state index in [1.165, 1.54) is 0 Å². The fourth-order valence-electron chi connectivity index (χ4n) is 0.507. The molecule has 0 aliphatic carbocycles. The molecule has 0 aliphatic rings. The molecule has 4 heteroatoms. The van der Waals surface area contributed by atoms with Crippen molar-refractivity contribution in [1.29, 1.82) is 0 Å². The Hall–Kier alpha value is -0.160. The quantitative estimate of drug-likeness (QED) is 0.405. The number of hydrogen-bond donors (Lipinski definition) is 3. The Kier molecular flexibility index (Phi) is 6.84. The van der Waals surface area contributed by atoms with Gasteiger partial charge < -0.3 is 20.3 Å². The van der Waals surface area contributed by atoms with Gasteiger partial charge in [-0.05, 0) is 0 Å². The van der Waals surface area contributed by atoms with E-state index in [1.54, 1.807) is 7.11 Å². The number of methoxy groups -OCH3 is 1. The number of aliphatic hydroxyl groups is 2. The zero-order valence-electron chi connectivity index (χ0n) is 6.21. The van der Waals surface area contributed by atoms with Crippen LogP contribution in [0.15, 0.2) is 0 Å². The fourth-order valence-corrected chi connectivity index (χ4v) is 0.507. The third kappa shape index (κ3) is 5.97. The molecule has 1 atom stereocenters. The Labute approximate surface area is 60.8 Å². The Bertz CT molecular complexity index is 70.0. The predicted octanol–water partition coefficient (Wildman–Crippen LogP) is -1.42. The van der Waals surface area contributed by atoms with Crippen LogP contribution in [-0.2, 0) is 4.74 Å². The summed E-state index contributed by atoms with van der Waals surface area (Å²) in [4.78, 5) is 0. The molecule has 0 rings (SSSR count). The highest BCUT2D eigenvalue weighted by atomic mass is 16.5. The molecule has 0 spiro atoms. The Morgan fingerprint density at radius 2 is 2.30 bits per heavy atom. The van der Waals surface area contributed by atoms with E-state index in [2.05, 4.69) is 5.32 Å². The van der Waals surface area contributed by atoms with Crippen molar-refractivity contribution >= 4 is 0 Å². The average Bonchev–Trinajstić information content (AvgIpc) is 1.98. The summed E-state index contributed by atoms with van der Waals surface area (Å²) < 4.78 is 4.75. The van der Waals surface area contributed by atoms with Gasteiger partial charge >= 0.3 is 0 Å². The van der Waals surface area contributed by atoms with E-state index in [0.29, 0.717) is 19.7 Å². The molecule has 4 nitrogen and oxygen atoms in total. The monoisotopic (exact) mass is 149 g/mol. The van der Waals surface area contributed by atoms with Crippen molar-refractivity contribution in [3.8, 4) is 0 Å². The van der Waals surface area contributed by atoms with Crippen molar-refractivity contribution in [2.75, 3.05) is 33.4 Å². The number of nitrogens with one attached hydrogen (secondary N) is 1. The van der Waals surface area contributed by atoms with Crippen LogP contribution in [0.25, 0.3) is 0 Å². The summed E-state index contributed by atoms with van der Waals surface area (Å²) in [6, 6.07) is 0. The first kappa shape index (κ1) is 9.84. The minimum absolute atomic E-state index is 0.194. The minimum Gasteiger partial charge on any atom is -0.394 e. The first-order valence-electron chi connectivity index (χ1n) is 3.29. The number of aliphatic hydroxyl groups excluding tert-OH is 2. The maximum absolute atomic E-state index is 8.80. The Balaban J connectivity index is 2.89. The first-order valence-corrected chi connectivity index (χ1v) is 3.29. The summed E-state index contributed by atoms with van der Waals surface area (Å²) in [5.41, 5.74) is 0. The van der Waals surface area contributed by atoms with Gasteiger partial charge in [0.1, 0.15) is 0 Å². The molecule has 0 aromatic heterocycles. The van der Waals surface area contributed by atoms with Gasteiger partial charge in [0, 0.05) is 20.2 Å². The van der Waals surface area contributed by atoms with Gasteiger partial charge in [-0.2, -0.15) is 0 Å². The van der Waals surface area contributed by atoms with Gasteiger partial charge in [-0.25, -0.2) is 0 Å². The van der Waals surface area contributed by atoms with Crippen LogP contribution in [0.2, 0.25) is 0 Å². The predicted molar refractivity (Wildman–Crippen MR) is 37.8 cm³/mol. The molecule has 0 aromatic rings. The second-order valence-corrected chi connectivity index (χ2v) is 2.03. The fraction of sp³-hybridized carbons (Fsp3) is 1.00. The summed E-state index contributed by atoms with van der Waals surface area (Å²) in [5.74, 6) is 0. The molecule has 62 valence electrons. The van der Waals surface area contributed by atoms with Gasteiger partial charge in [0.2, 0.25) is 0 Å². The van der Waals surface area contributed by atoms with E-state index < -0.39 is 6.10 Å². The Morgan fingerprint density at radius 3 is 2.80 bits per heavy atom. The normalized spacial score (nSPS) is 13.5. The SMILES string of the molecule is COCCNCC(O)CO. The third-order valence-corrected chi connectivity index (χ3v) is 1.07. The van der Waals surface area contributed by atoms with Crippen LogP contribution in [0.4, 0.5) is 0 Å². The number of ether oxygens (including phenoxy) is 1. The highest BCUT2D eigenvalue weighted by molar-refractivity contribution is 4.55. The van der Waals surface area contributed by atoms with Gasteiger partial charge in [-0.1, -0.05) is 0 Å². The molecule has 0 aromatic carbocycles. The largest absolute Gasteiger partial charge is 0.394 e. The smallest absolute Gasteiger partial charge is 0.0894 e. The third-order valence-electron chi connectivity index (χ3n) is 1.07. The van der Waals surface area contributed by atoms with E-state index in [0.717, 1.165) is 0 Å². The summed E-state index contributed by atoms with van der Waals surface area (Å²) in [5, 5.41) is 20.1.